The van der Waals surface area contributed by atoms with Gasteiger partial charge in [-0.15, -0.1) is 0 Å². The maximum absolute atomic E-state index is 12.1. The molecule has 0 saturated carbocycles. The number of hydrogen-bond acceptors (Lipinski definition) is 4. The number of rotatable bonds is 8. The maximum atomic E-state index is 12.1. The molecule has 1 heterocycles. The van der Waals surface area contributed by atoms with E-state index in [9.17, 15) is 4.79 Å². The van der Waals surface area contributed by atoms with Crippen LogP contribution >= 0.6 is 0 Å². The molecule has 0 radical (unpaired) electrons. The van der Waals surface area contributed by atoms with Crippen LogP contribution in [-0.2, 0) is 6.54 Å². The minimum absolute atomic E-state index is 0.145. The largest absolute Gasteiger partial charge is 0.493 e. The van der Waals surface area contributed by atoms with E-state index in [1.807, 2.05) is 36.7 Å². The van der Waals surface area contributed by atoms with E-state index in [4.69, 9.17) is 9.47 Å². The third kappa shape index (κ3) is 5.14. The first-order valence-corrected chi connectivity index (χ1v) is 8.27. The van der Waals surface area contributed by atoms with Gasteiger partial charge in [0.1, 0.15) is 0 Å². The average Bonchev–Trinajstić information content (AvgIpc) is 3.11. The van der Waals surface area contributed by atoms with Gasteiger partial charge in [0.05, 0.1) is 26.6 Å². The molecule has 1 aromatic carbocycles. The van der Waals surface area contributed by atoms with Crippen LogP contribution in [0.1, 0.15) is 30.5 Å². The van der Waals surface area contributed by atoms with Gasteiger partial charge in [0.2, 0.25) is 0 Å². The van der Waals surface area contributed by atoms with Crippen LogP contribution in [-0.4, -0.2) is 36.3 Å². The van der Waals surface area contributed by atoms with Crippen LogP contribution in [0.15, 0.2) is 30.9 Å². The number of carbonyl (C=O) groups is 1. The third-order valence-corrected chi connectivity index (χ3v) is 4.02. The Morgan fingerprint density at radius 2 is 2.00 bits per heavy atom. The highest BCUT2D eigenvalue weighted by atomic mass is 16.5. The Balaban J connectivity index is 1.85. The van der Waals surface area contributed by atoms with Crippen molar-refractivity contribution in [3.8, 4) is 11.5 Å². The van der Waals surface area contributed by atoms with Gasteiger partial charge in [0.15, 0.2) is 11.5 Å². The lowest BCUT2D eigenvalue weighted by Crippen LogP contribution is -2.37. The molecule has 0 fully saturated rings. The van der Waals surface area contributed by atoms with E-state index < -0.39 is 0 Å². The van der Waals surface area contributed by atoms with Crippen molar-refractivity contribution in [2.45, 2.75) is 32.9 Å². The molecule has 25 heavy (non-hydrogen) atoms. The minimum atomic E-state index is -0.188. The molecule has 0 saturated heterocycles. The predicted octanol–water partition coefficient (Wildman–Crippen LogP) is 2.66. The highest BCUT2D eigenvalue weighted by molar-refractivity contribution is 5.74. The zero-order chi connectivity index (χ0) is 18.2. The van der Waals surface area contributed by atoms with Crippen molar-refractivity contribution in [3.05, 3.63) is 42.0 Å². The van der Waals surface area contributed by atoms with Gasteiger partial charge in [-0.3, -0.25) is 0 Å². The summed E-state index contributed by atoms with van der Waals surface area (Å²) in [5, 5.41) is 5.83. The molecule has 0 aliphatic rings. The van der Waals surface area contributed by atoms with Crippen LogP contribution in [0.2, 0.25) is 0 Å². The van der Waals surface area contributed by atoms with Gasteiger partial charge >= 0.3 is 6.03 Å². The van der Waals surface area contributed by atoms with E-state index >= 15 is 0 Å². The molecule has 2 amide bonds. The summed E-state index contributed by atoms with van der Waals surface area (Å²) in [4.78, 5) is 16.1. The lowest BCUT2D eigenvalue weighted by atomic mass is 10.0. The summed E-state index contributed by atoms with van der Waals surface area (Å²) in [7, 11) is 3.21. The number of ether oxygens (including phenoxy) is 2. The molecular weight excluding hydrogens is 320 g/mol. The van der Waals surface area contributed by atoms with Crippen LogP contribution < -0.4 is 20.1 Å². The van der Waals surface area contributed by atoms with Crippen molar-refractivity contribution in [1.82, 2.24) is 20.2 Å². The lowest BCUT2D eigenvalue weighted by molar-refractivity contribution is 0.237. The fraction of sp³-hybridized carbons (Fsp3) is 0.444. The molecule has 0 bridgehead atoms. The summed E-state index contributed by atoms with van der Waals surface area (Å²) in [6.45, 7) is 5.35. The highest BCUT2D eigenvalue weighted by Crippen LogP contribution is 2.32. The monoisotopic (exact) mass is 346 g/mol. The normalized spacial score (nSPS) is 11.7. The SMILES string of the molecule is COc1cc(C)c(C(C)NC(=O)NCCCn2ccnc2)cc1OC. The second-order valence-electron chi connectivity index (χ2n) is 5.84. The Hall–Kier alpha value is -2.70. The first kappa shape index (κ1) is 18.6. The molecular formula is C18H26N4O3. The fourth-order valence-electron chi connectivity index (χ4n) is 2.67. The topological polar surface area (TPSA) is 77.4 Å². The van der Waals surface area contributed by atoms with Gasteiger partial charge in [-0.05, 0) is 43.5 Å². The number of imidazole rings is 1. The summed E-state index contributed by atoms with van der Waals surface area (Å²) >= 11 is 0. The van der Waals surface area contributed by atoms with Crippen molar-refractivity contribution >= 4 is 6.03 Å². The molecule has 1 atom stereocenters. The summed E-state index contributed by atoms with van der Waals surface area (Å²) in [6.07, 6.45) is 6.25. The number of urea groups is 1. The number of aromatic nitrogens is 2. The number of aryl methyl sites for hydroxylation is 2. The van der Waals surface area contributed by atoms with Crippen molar-refractivity contribution in [1.29, 1.82) is 0 Å². The summed E-state index contributed by atoms with van der Waals surface area (Å²) in [6, 6.07) is 3.48. The van der Waals surface area contributed by atoms with E-state index in [0.29, 0.717) is 18.0 Å². The molecule has 1 unspecified atom stereocenters. The predicted molar refractivity (Wildman–Crippen MR) is 96.1 cm³/mol. The first-order chi connectivity index (χ1) is 12.0. The molecule has 7 heteroatoms. The highest BCUT2D eigenvalue weighted by Gasteiger charge is 2.15. The van der Waals surface area contributed by atoms with Crippen LogP contribution in [0, 0.1) is 6.92 Å². The van der Waals surface area contributed by atoms with Crippen LogP contribution in [0.3, 0.4) is 0 Å². The van der Waals surface area contributed by atoms with Crippen molar-refractivity contribution in [2.75, 3.05) is 20.8 Å². The summed E-state index contributed by atoms with van der Waals surface area (Å²) in [5.41, 5.74) is 2.02. The van der Waals surface area contributed by atoms with Gasteiger partial charge < -0.3 is 24.7 Å². The molecule has 0 aliphatic carbocycles. The van der Waals surface area contributed by atoms with Crippen molar-refractivity contribution in [3.63, 3.8) is 0 Å². The zero-order valence-corrected chi connectivity index (χ0v) is 15.2. The van der Waals surface area contributed by atoms with E-state index in [2.05, 4.69) is 15.6 Å². The molecule has 7 nitrogen and oxygen atoms in total. The smallest absolute Gasteiger partial charge is 0.315 e. The number of benzene rings is 1. The lowest BCUT2D eigenvalue weighted by Gasteiger charge is -2.19. The van der Waals surface area contributed by atoms with Crippen LogP contribution in [0.4, 0.5) is 4.79 Å². The molecule has 2 N–H and O–H groups in total. The Morgan fingerprint density at radius 1 is 1.28 bits per heavy atom. The van der Waals surface area contributed by atoms with Gasteiger partial charge in [-0.25, -0.2) is 9.78 Å². The van der Waals surface area contributed by atoms with Gasteiger partial charge in [-0.2, -0.15) is 0 Å². The van der Waals surface area contributed by atoms with E-state index in [0.717, 1.165) is 24.1 Å². The van der Waals surface area contributed by atoms with Gasteiger partial charge in [-0.1, -0.05) is 0 Å². The average molecular weight is 346 g/mol. The fourth-order valence-corrected chi connectivity index (χ4v) is 2.67. The Labute approximate surface area is 148 Å². The summed E-state index contributed by atoms with van der Waals surface area (Å²) < 4.78 is 12.6. The number of hydrogen-bond donors (Lipinski definition) is 2. The standard InChI is InChI=1S/C18H26N4O3/c1-13-10-16(24-3)17(25-4)11-15(13)14(2)21-18(23)20-6-5-8-22-9-7-19-12-22/h7,9-12,14H,5-6,8H2,1-4H3,(H2,20,21,23). The van der Waals surface area contributed by atoms with Crippen LogP contribution in [0.25, 0.3) is 0 Å². The molecule has 2 rings (SSSR count). The molecule has 0 spiro atoms. The molecule has 2 aromatic rings. The van der Waals surface area contributed by atoms with Crippen molar-refractivity contribution < 1.29 is 14.3 Å². The Bertz CT molecular complexity index is 686. The molecule has 1 aromatic heterocycles. The van der Waals surface area contributed by atoms with Gasteiger partial charge in [0, 0.05) is 25.5 Å². The Kier molecular flexibility index (Phi) is 6.68. The quantitative estimate of drug-likeness (QED) is 0.721. The number of nitrogens with one attached hydrogen (secondary N) is 2. The zero-order valence-electron chi connectivity index (χ0n) is 15.2. The van der Waals surface area contributed by atoms with E-state index in [1.54, 1.807) is 26.7 Å². The second-order valence-corrected chi connectivity index (χ2v) is 5.84. The first-order valence-electron chi connectivity index (χ1n) is 8.27. The number of carbonyl (C=O) groups excluding carboxylic acids is 1. The van der Waals surface area contributed by atoms with Crippen LogP contribution in [0.5, 0.6) is 11.5 Å². The molecule has 136 valence electrons. The molecule has 0 aliphatic heterocycles. The minimum Gasteiger partial charge on any atom is -0.493 e. The number of methoxy groups -OCH3 is 2. The number of nitrogens with zero attached hydrogens (tertiary/aromatic N) is 2. The van der Waals surface area contributed by atoms with Gasteiger partial charge in [0.25, 0.3) is 0 Å². The van der Waals surface area contributed by atoms with Crippen molar-refractivity contribution in [2.24, 2.45) is 0 Å². The second kappa shape index (κ2) is 8.96. The summed E-state index contributed by atoms with van der Waals surface area (Å²) in [5.74, 6) is 1.33. The van der Waals surface area contributed by atoms with E-state index in [-0.39, 0.29) is 12.1 Å². The third-order valence-electron chi connectivity index (χ3n) is 4.02. The number of amides is 2. The van der Waals surface area contributed by atoms with E-state index in [1.165, 1.54) is 0 Å². The maximum Gasteiger partial charge on any atom is 0.315 e. The Morgan fingerprint density at radius 3 is 2.64 bits per heavy atom.